The van der Waals surface area contributed by atoms with Crippen LogP contribution in [0.1, 0.15) is 11.1 Å². The van der Waals surface area contributed by atoms with Crippen molar-refractivity contribution in [1.82, 2.24) is 0 Å². The van der Waals surface area contributed by atoms with Gasteiger partial charge in [-0.15, -0.1) is 0 Å². The third kappa shape index (κ3) is 3.22. The fourth-order valence-corrected chi connectivity index (χ4v) is 1.52. The molecule has 2 N–H and O–H groups in total. The minimum Gasteiger partial charge on any atom is -0.329 e. The topological polar surface area (TPSA) is 46.3 Å². The first kappa shape index (κ1) is 14.5. The van der Waals surface area contributed by atoms with E-state index in [0.29, 0.717) is 4.90 Å². The molecule has 1 rings (SSSR count). The molecule has 0 unspecified atom stereocenters. The lowest BCUT2D eigenvalue weighted by atomic mass is 10.1. The molecule has 6 heteroatoms. The van der Waals surface area contributed by atoms with Crippen LogP contribution in [0.5, 0.6) is 0 Å². The first-order chi connectivity index (χ1) is 8.27. The zero-order chi connectivity index (χ0) is 13.9. The molecular weight excluding hydrogens is 245 g/mol. The maximum absolute atomic E-state index is 12.5. The maximum atomic E-state index is 12.5. The van der Waals surface area contributed by atoms with Crippen LogP contribution in [0.2, 0.25) is 0 Å². The summed E-state index contributed by atoms with van der Waals surface area (Å²) in [6.07, 6.45) is -4.89. The zero-order valence-electron chi connectivity index (χ0n) is 10.2. The number of nitrogens with zero attached hydrogens (tertiary/aromatic N) is 1. The Hall–Kier alpha value is -1.56. The highest BCUT2D eigenvalue weighted by molar-refractivity contribution is 5.97. The standard InChI is InChI=1S/C12H15F3N2O/c1-8-3-4-10(7-9(8)2)17(6-5-16)11(18)12(13,14)15/h3-4,7H,5-6,16H2,1-2H3. The molecule has 0 saturated carbocycles. The molecule has 1 aromatic carbocycles. The number of amides is 1. The lowest BCUT2D eigenvalue weighted by Crippen LogP contribution is -2.43. The van der Waals surface area contributed by atoms with E-state index < -0.39 is 12.1 Å². The average molecular weight is 260 g/mol. The van der Waals surface area contributed by atoms with Gasteiger partial charge in [0.15, 0.2) is 0 Å². The highest BCUT2D eigenvalue weighted by Crippen LogP contribution is 2.25. The largest absolute Gasteiger partial charge is 0.471 e. The van der Waals surface area contributed by atoms with E-state index in [2.05, 4.69) is 0 Å². The summed E-state index contributed by atoms with van der Waals surface area (Å²) in [5.74, 6) is -1.89. The van der Waals surface area contributed by atoms with Crippen LogP contribution in [0.15, 0.2) is 18.2 Å². The van der Waals surface area contributed by atoms with Gasteiger partial charge in [-0.1, -0.05) is 6.07 Å². The molecule has 0 radical (unpaired) electrons. The Morgan fingerprint density at radius 3 is 2.33 bits per heavy atom. The molecular formula is C12H15F3N2O. The van der Waals surface area contributed by atoms with E-state index in [-0.39, 0.29) is 18.8 Å². The summed E-state index contributed by atoms with van der Waals surface area (Å²) in [5.41, 5.74) is 7.24. The number of halogens is 3. The maximum Gasteiger partial charge on any atom is 0.471 e. The number of nitrogens with two attached hydrogens (primary N) is 1. The monoisotopic (exact) mass is 260 g/mol. The van der Waals surface area contributed by atoms with Gasteiger partial charge >= 0.3 is 12.1 Å². The van der Waals surface area contributed by atoms with E-state index in [1.54, 1.807) is 19.1 Å². The van der Waals surface area contributed by atoms with Crippen molar-refractivity contribution >= 4 is 11.6 Å². The van der Waals surface area contributed by atoms with Crippen LogP contribution in [-0.2, 0) is 4.79 Å². The van der Waals surface area contributed by atoms with E-state index in [4.69, 9.17) is 5.73 Å². The van der Waals surface area contributed by atoms with E-state index >= 15 is 0 Å². The number of alkyl halides is 3. The van der Waals surface area contributed by atoms with Crippen molar-refractivity contribution in [2.45, 2.75) is 20.0 Å². The molecule has 0 atom stereocenters. The van der Waals surface area contributed by atoms with Gasteiger partial charge in [-0.25, -0.2) is 0 Å². The Labute approximate surface area is 103 Å². The van der Waals surface area contributed by atoms with Crippen molar-refractivity contribution in [1.29, 1.82) is 0 Å². The number of hydrogen-bond acceptors (Lipinski definition) is 2. The fraction of sp³-hybridized carbons (Fsp3) is 0.417. The Morgan fingerprint density at radius 1 is 1.28 bits per heavy atom. The van der Waals surface area contributed by atoms with Gasteiger partial charge in [-0.3, -0.25) is 4.79 Å². The summed E-state index contributed by atoms with van der Waals surface area (Å²) in [6, 6.07) is 4.72. The summed E-state index contributed by atoms with van der Waals surface area (Å²) in [4.78, 5) is 12.0. The summed E-state index contributed by atoms with van der Waals surface area (Å²) in [6.45, 7) is 3.42. The molecule has 0 bridgehead atoms. The number of carbonyl (C=O) groups excluding carboxylic acids is 1. The summed E-state index contributed by atoms with van der Waals surface area (Å²) < 4.78 is 37.4. The molecule has 0 spiro atoms. The smallest absolute Gasteiger partial charge is 0.329 e. The van der Waals surface area contributed by atoms with Gasteiger partial charge in [0.2, 0.25) is 0 Å². The lowest BCUT2D eigenvalue weighted by Gasteiger charge is -2.23. The van der Waals surface area contributed by atoms with Crippen molar-refractivity contribution in [2.24, 2.45) is 5.73 Å². The Balaban J connectivity index is 3.12. The normalized spacial score (nSPS) is 11.4. The second-order valence-electron chi connectivity index (χ2n) is 4.01. The van der Waals surface area contributed by atoms with Crippen molar-refractivity contribution in [3.63, 3.8) is 0 Å². The number of benzene rings is 1. The number of carbonyl (C=O) groups is 1. The highest BCUT2D eigenvalue weighted by Gasteiger charge is 2.42. The van der Waals surface area contributed by atoms with Crippen LogP contribution >= 0.6 is 0 Å². The predicted molar refractivity (Wildman–Crippen MR) is 63.4 cm³/mol. The van der Waals surface area contributed by atoms with Gasteiger partial charge < -0.3 is 10.6 Å². The summed E-state index contributed by atoms with van der Waals surface area (Å²) in [7, 11) is 0. The third-order valence-corrected chi connectivity index (χ3v) is 2.64. The van der Waals surface area contributed by atoms with Gasteiger partial charge in [0.1, 0.15) is 0 Å². The van der Waals surface area contributed by atoms with E-state index in [1.807, 2.05) is 6.92 Å². The van der Waals surface area contributed by atoms with Gasteiger partial charge in [0.05, 0.1) is 0 Å². The van der Waals surface area contributed by atoms with E-state index in [9.17, 15) is 18.0 Å². The molecule has 100 valence electrons. The fourth-order valence-electron chi connectivity index (χ4n) is 1.52. The Bertz CT molecular complexity index is 443. The van der Waals surface area contributed by atoms with Crippen LogP contribution in [0.25, 0.3) is 0 Å². The Morgan fingerprint density at radius 2 is 1.89 bits per heavy atom. The quantitative estimate of drug-likeness (QED) is 0.905. The molecule has 3 nitrogen and oxygen atoms in total. The van der Waals surface area contributed by atoms with Crippen molar-refractivity contribution in [2.75, 3.05) is 18.0 Å². The zero-order valence-corrected chi connectivity index (χ0v) is 10.2. The molecule has 0 aliphatic rings. The van der Waals surface area contributed by atoms with Crippen LogP contribution < -0.4 is 10.6 Å². The van der Waals surface area contributed by atoms with Gasteiger partial charge in [-0.05, 0) is 37.1 Å². The van der Waals surface area contributed by atoms with Crippen LogP contribution in [-0.4, -0.2) is 25.2 Å². The van der Waals surface area contributed by atoms with Crippen LogP contribution in [0.4, 0.5) is 18.9 Å². The molecule has 0 saturated heterocycles. The minimum atomic E-state index is -4.89. The first-order valence-corrected chi connectivity index (χ1v) is 5.43. The lowest BCUT2D eigenvalue weighted by molar-refractivity contribution is -0.170. The van der Waals surface area contributed by atoms with Crippen molar-refractivity contribution in [3.8, 4) is 0 Å². The molecule has 1 aromatic rings. The average Bonchev–Trinajstić information content (AvgIpc) is 2.28. The van der Waals surface area contributed by atoms with Gasteiger partial charge in [-0.2, -0.15) is 13.2 Å². The Kier molecular flexibility index (Phi) is 4.34. The van der Waals surface area contributed by atoms with Crippen LogP contribution in [0, 0.1) is 13.8 Å². The SMILES string of the molecule is Cc1ccc(N(CCN)C(=O)C(F)(F)F)cc1C. The van der Waals surface area contributed by atoms with Crippen molar-refractivity contribution in [3.05, 3.63) is 29.3 Å². The predicted octanol–water partition coefficient (Wildman–Crippen LogP) is 2.16. The number of anilines is 1. The second kappa shape index (κ2) is 5.39. The molecule has 18 heavy (non-hydrogen) atoms. The number of rotatable bonds is 3. The summed E-state index contributed by atoms with van der Waals surface area (Å²) >= 11 is 0. The molecule has 0 fully saturated rings. The van der Waals surface area contributed by atoms with Gasteiger partial charge in [0, 0.05) is 18.8 Å². The van der Waals surface area contributed by atoms with E-state index in [0.717, 1.165) is 11.1 Å². The summed E-state index contributed by atoms with van der Waals surface area (Å²) in [5, 5.41) is 0. The molecule has 0 aromatic heterocycles. The third-order valence-electron chi connectivity index (χ3n) is 2.64. The molecule has 0 aliphatic heterocycles. The second-order valence-corrected chi connectivity index (χ2v) is 4.01. The molecule has 0 aliphatic carbocycles. The number of aryl methyl sites for hydroxylation is 2. The van der Waals surface area contributed by atoms with Gasteiger partial charge in [0.25, 0.3) is 0 Å². The van der Waals surface area contributed by atoms with Crippen molar-refractivity contribution < 1.29 is 18.0 Å². The highest BCUT2D eigenvalue weighted by atomic mass is 19.4. The van der Waals surface area contributed by atoms with E-state index in [1.165, 1.54) is 6.07 Å². The van der Waals surface area contributed by atoms with Crippen LogP contribution in [0.3, 0.4) is 0 Å². The molecule has 1 amide bonds. The first-order valence-electron chi connectivity index (χ1n) is 5.43. The minimum absolute atomic E-state index is 0.0330. The number of hydrogen-bond donors (Lipinski definition) is 1. The molecule has 0 heterocycles.